The zero-order valence-corrected chi connectivity index (χ0v) is 41.4. The van der Waals surface area contributed by atoms with Crippen LogP contribution in [0.25, 0.3) is 21.7 Å². The Morgan fingerprint density at radius 3 is 2.18 bits per heavy atom. The van der Waals surface area contributed by atoms with Crippen LogP contribution in [-0.2, 0) is 56.0 Å². The quantitative estimate of drug-likeness (QED) is 0.0426. The molecule has 3 aromatic carbocycles. The molecule has 1 aliphatic rings. The Labute approximate surface area is 423 Å². The van der Waals surface area contributed by atoms with Gasteiger partial charge in [0, 0.05) is 62.9 Å². The summed E-state index contributed by atoms with van der Waals surface area (Å²) in [4.78, 5) is 130. The van der Waals surface area contributed by atoms with E-state index in [0.29, 0.717) is 24.0 Å². The van der Waals surface area contributed by atoms with Gasteiger partial charge in [-0.15, -0.1) is 0 Å². The van der Waals surface area contributed by atoms with Crippen molar-refractivity contribution in [2.24, 2.45) is 22.2 Å². The van der Waals surface area contributed by atoms with E-state index in [4.69, 9.17) is 17.2 Å². The first kappa shape index (κ1) is 55.9. The smallest absolute Gasteiger partial charge is 0.243 e. The second-order valence-corrected chi connectivity index (χ2v) is 18.2. The number of fused-ring (bicyclic) bond motifs is 2. The summed E-state index contributed by atoms with van der Waals surface area (Å²) in [5.41, 5.74) is 19.1. The van der Waals surface area contributed by atoms with Gasteiger partial charge in [-0.3, -0.25) is 48.1 Å². The lowest BCUT2D eigenvalue weighted by atomic mass is 10.00. The summed E-state index contributed by atoms with van der Waals surface area (Å²) in [5, 5.41) is 24.1. The van der Waals surface area contributed by atoms with Gasteiger partial charge in [-0.1, -0.05) is 80.4 Å². The fourth-order valence-electron chi connectivity index (χ4n) is 8.47. The van der Waals surface area contributed by atoms with Crippen molar-refractivity contribution in [2.45, 2.75) is 127 Å². The molecule has 1 aromatic heterocycles. The maximum absolute atomic E-state index is 14.5. The minimum atomic E-state index is -1.42. The van der Waals surface area contributed by atoms with Crippen LogP contribution in [0.4, 0.5) is 0 Å². The number of H-pyrrole nitrogens is 1. The maximum atomic E-state index is 14.5. The predicted octanol–water partition coefficient (Wildman–Crippen LogP) is -0.0394. The molecule has 5 rings (SSSR count). The first-order chi connectivity index (χ1) is 35.0. The van der Waals surface area contributed by atoms with Crippen molar-refractivity contribution in [3.05, 3.63) is 84.1 Å². The molecule has 1 fully saturated rings. The van der Waals surface area contributed by atoms with Gasteiger partial charge in [0.05, 0.1) is 6.42 Å². The molecule has 0 spiro atoms. The topological polar surface area (TPSA) is 356 Å². The third-order valence-corrected chi connectivity index (χ3v) is 12.3. The average molecular weight is 1010 g/mol. The summed E-state index contributed by atoms with van der Waals surface area (Å²) < 4.78 is 0. The number of benzene rings is 3. The number of aromatic nitrogens is 1. The molecule has 392 valence electrons. The molecular weight excluding hydrogens is 939 g/mol. The highest BCUT2D eigenvalue weighted by Crippen LogP contribution is 2.21. The van der Waals surface area contributed by atoms with E-state index in [-0.39, 0.29) is 77.0 Å². The summed E-state index contributed by atoms with van der Waals surface area (Å²) in [7, 11) is 0. The van der Waals surface area contributed by atoms with E-state index in [1.807, 2.05) is 73.7 Å². The van der Waals surface area contributed by atoms with Crippen molar-refractivity contribution in [3.63, 3.8) is 0 Å². The normalized spacial score (nSPS) is 20.7. The van der Waals surface area contributed by atoms with E-state index in [2.05, 4.69) is 52.5 Å². The van der Waals surface area contributed by atoms with Crippen molar-refractivity contribution >= 4 is 80.8 Å². The van der Waals surface area contributed by atoms with Crippen LogP contribution in [0.15, 0.2) is 77.9 Å². The average Bonchev–Trinajstić information content (AvgIpc) is 3.76. The fourth-order valence-corrected chi connectivity index (χ4v) is 8.47. The van der Waals surface area contributed by atoms with Gasteiger partial charge >= 0.3 is 0 Å². The SMILES string of the molecule is CCCC[C@H](NC(C)=O)C(=O)N[C@H]1CC(=O)NCCCCC(C(N)=O)NC(=O)C(Cc2c[nH]c3ccccc23)NC(=O)[C@H](CCCN=C(N)N)NC(=O)C(Cc2ccc3ccccc3c2)NC(=O)CCNC1=O. The lowest BCUT2D eigenvalue weighted by Crippen LogP contribution is -2.59. The van der Waals surface area contributed by atoms with E-state index in [9.17, 15) is 43.2 Å². The summed E-state index contributed by atoms with van der Waals surface area (Å²) in [6.45, 7) is 3.07. The lowest BCUT2D eigenvalue weighted by molar-refractivity contribution is -0.134. The molecule has 6 atom stereocenters. The van der Waals surface area contributed by atoms with Gasteiger partial charge in [-0.2, -0.15) is 0 Å². The molecule has 4 aromatic rings. The zero-order valence-electron chi connectivity index (χ0n) is 41.4. The number of nitrogens with zero attached hydrogens (tertiary/aromatic N) is 1. The minimum Gasteiger partial charge on any atom is -0.370 e. The van der Waals surface area contributed by atoms with E-state index in [0.717, 1.165) is 28.1 Å². The van der Waals surface area contributed by atoms with Crippen molar-refractivity contribution in [1.82, 2.24) is 47.5 Å². The third-order valence-electron chi connectivity index (χ3n) is 12.3. The Hall–Kier alpha value is -8.04. The minimum absolute atomic E-state index is 0.0131. The Morgan fingerprint density at radius 2 is 1.44 bits per heavy atom. The van der Waals surface area contributed by atoms with Gasteiger partial charge in [0.25, 0.3) is 0 Å². The van der Waals surface area contributed by atoms with Crippen LogP contribution in [-0.4, -0.2) is 120 Å². The summed E-state index contributed by atoms with van der Waals surface area (Å²) in [6.07, 6.45) is 3.21. The van der Waals surface area contributed by atoms with Crippen LogP contribution in [0.1, 0.15) is 89.2 Å². The molecule has 1 aliphatic heterocycles. The molecule has 3 unspecified atom stereocenters. The van der Waals surface area contributed by atoms with Crippen LogP contribution in [0.5, 0.6) is 0 Å². The molecule has 9 amide bonds. The van der Waals surface area contributed by atoms with Crippen molar-refractivity contribution in [2.75, 3.05) is 19.6 Å². The van der Waals surface area contributed by atoms with E-state index in [1.165, 1.54) is 6.92 Å². The molecule has 73 heavy (non-hydrogen) atoms. The van der Waals surface area contributed by atoms with Gasteiger partial charge in [0.1, 0.15) is 36.3 Å². The Kier molecular flexibility index (Phi) is 21.5. The lowest BCUT2D eigenvalue weighted by Gasteiger charge is -2.26. The number of rotatable bonds is 15. The number of unbranched alkanes of at least 4 members (excludes halogenated alkanes) is 1. The number of aromatic amines is 1. The largest absolute Gasteiger partial charge is 0.370 e. The number of nitrogens with two attached hydrogens (primary N) is 3. The van der Waals surface area contributed by atoms with Crippen molar-refractivity contribution in [3.8, 4) is 0 Å². The predicted molar refractivity (Wildman–Crippen MR) is 275 cm³/mol. The molecule has 1 saturated heterocycles. The number of aliphatic imine (C=N–C) groups is 1. The van der Waals surface area contributed by atoms with E-state index >= 15 is 0 Å². The summed E-state index contributed by atoms with van der Waals surface area (Å²) >= 11 is 0. The monoisotopic (exact) mass is 1010 g/mol. The summed E-state index contributed by atoms with van der Waals surface area (Å²) in [5.74, 6) is -6.47. The van der Waals surface area contributed by atoms with Gasteiger partial charge < -0.3 is 64.7 Å². The van der Waals surface area contributed by atoms with Crippen molar-refractivity contribution < 1.29 is 43.2 Å². The number of carbonyl (C=O) groups is 9. The second-order valence-electron chi connectivity index (χ2n) is 18.2. The zero-order chi connectivity index (χ0) is 52.9. The molecule has 0 saturated carbocycles. The van der Waals surface area contributed by atoms with Crippen LogP contribution >= 0.6 is 0 Å². The molecule has 0 bridgehead atoms. The van der Waals surface area contributed by atoms with Crippen LogP contribution in [0.3, 0.4) is 0 Å². The van der Waals surface area contributed by atoms with Crippen LogP contribution in [0.2, 0.25) is 0 Å². The number of nitrogens with one attached hydrogen (secondary N) is 9. The fraction of sp³-hybridized carbons (Fsp3) is 0.451. The second kappa shape index (κ2) is 28.1. The van der Waals surface area contributed by atoms with Crippen LogP contribution < -0.4 is 59.7 Å². The molecule has 22 heteroatoms. The molecule has 15 N–H and O–H groups in total. The van der Waals surface area contributed by atoms with Gasteiger partial charge in [0.15, 0.2) is 5.96 Å². The first-order valence-corrected chi connectivity index (χ1v) is 24.7. The Morgan fingerprint density at radius 1 is 0.740 bits per heavy atom. The molecule has 0 aliphatic carbocycles. The number of carbonyl (C=O) groups excluding carboxylic acids is 9. The Balaban J connectivity index is 1.48. The Bertz CT molecular complexity index is 2630. The molecule has 0 radical (unpaired) electrons. The number of primary amides is 1. The summed E-state index contributed by atoms with van der Waals surface area (Å²) in [6, 6.07) is 13.0. The maximum Gasteiger partial charge on any atom is 0.243 e. The highest BCUT2D eigenvalue weighted by atomic mass is 16.2. The van der Waals surface area contributed by atoms with E-state index < -0.39 is 95.8 Å². The number of hydrogen-bond donors (Lipinski definition) is 12. The number of amides is 9. The number of guanidine groups is 1. The highest BCUT2D eigenvalue weighted by Gasteiger charge is 2.33. The first-order valence-electron chi connectivity index (χ1n) is 24.7. The van der Waals surface area contributed by atoms with Gasteiger partial charge in [0.2, 0.25) is 53.2 Å². The van der Waals surface area contributed by atoms with Crippen molar-refractivity contribution in [1.29, 1.82) is 0 Å². The highest BCUT2D eigenvalue weighted by molar-refractivity contribution is 5.97. The number of hydrogen-bond acceptors (Lipinski definition) is 10. The molecule has 2 heterocycles. The third kappa shape index (κ3) is 17.9. The molecule has 22 nitrogen and oxygen atoms in total. The van der Waals surface area contributed by atoms with Gasteiger partial charge in [-0.05, 0) is 66.5 Å². The molecular formula is C51H69N13O9. The van der Waals surface area contributed by atoms with E-state index in [1.54, 1.807) is 6.20 Å². The number of para-hydroxylation sites is 1. The van der Waals surface area contributed by atoms with Gasteiger partial charge in [-0.25, -0.2) is 0 Å². The van der Waals surface area contributed by atoms with Crippen LogP contribution in [0, 0.1) is 0 Å². The standard InChI is InChI=1S/C51H69N13O9/c1-3-4-15-38(59-30(2)65)47(70)64-42-28-44(67)55-22-10-9-17-37(45(52)68)61-50(73)41(27-34-29-58-36-16-8-7-14-35(34)36)63-48(71)39(18-11-23-57-51(53)54)62-49(72)40(60-43(66)21-24-56-46(42)69)26-31-19-20-32-12-5-6-13-33(32)25-31/h5-8,12-14,16,19-20,25,29,37-42,58H,3-4,9-11,15,17-18,21-24,26-28H2,1-2H3,(H2,52,68)(H,55,67)(H,56,69)(H,59,65)(H,60,66)(H,61,73)(H,62,72)(H,63,71)(H,64,70)(H4,53,54,57)/t37?,38-,39-,40?,41?,42-/m0/s1.